The van der Waals surface area contributed by atoms with Crippen LogP contribution in [0, 0.1) is 5.82 Å². The quantitative estimate of drug-likeness (QED) is 0.885. The van der Waals surface area contributed by atoms with Crippen LogP contribution >= 0.6 is 0 Å². The van der Waals surface area contributed by atoms with Crippen LogP contribution in [0.4, 0.5) is 4.39 Å². The molecular formula is C14H17FN2O2. The van der Waals surface area contributed by atoms with Crippen LogP contribution in [0.1, 0.15) is 18.9 Å². The first kappa shape index (κ1) is 13.5. The SMILES string of the molecule is CC(=O)N[C@@H]1CC(=O)N(CCc2ccc(F)cc2)C1. The van der Waals surface area contributed by atoms with Gasteiger partial charge < -0.3 is 10.2 Å². The van der Waals surface area contributed by atoms with Gasteiger partial charge in [-0.1, -0.05) is 12.1 Å². The van der Waals surface area contributed by atoms with Gasteiger partial charge in [-0.05, 0) is 24.1 Å². The van der Waals surface area contributed by atoms with Crippen molar-refractivity contribution < 1.29 is 14.0 Å². The molecule has 1 fully saturated rings. The van der Waals surface area contributed by atoms with E-state index in [0.29, 0.717) is 25.9 Å². The van der Waals surface area contributed by atoms with Gasteiger partial charge >= 0.3 is 0 Å². The Kier molecular flexibility index (Phi) is 4.14. The third-order valence-electron chi connectivity index (χ3n) is 3.21. The highest BCUT2D eigenvalue weighted by Gasteiger charge is 2.29. The number of carbonyl (C=O) groups excluding carboxylic acids is 2. The lowest BCUT2D eigenvalue weighted by Crippen LogP contribution is -2.36. The molecule has 102 valence electrons. The van der Waals surface area contributed by atoms with E-state index in [1.54, 1.807) is 17.0 Å². The number of amides is 2. The monoisotopic (exact) mass is 264 g/mol. The molecule has 0 spiro atoms. The fourth-order valence-electron chi connectivity index (χ4n) is 2.29. The number of hydrogen-bond acceptors (Lipinski definition) is 2. The summed E-state index contributed by atoms with van der Waals surface area (Å²) in [5.74, 6) is -0.314. The maximum atomic E-state index is 12.8. The Hall–Kier alpha value is -1.91. The smallest absolute Gasteiger partial charge is 0.224 e. The molecular weight excluding hydrogens is 247 g/mol. The Labute approximate surface area is 111 Å². The number of hydrogen-bond donors (Lipinski definition) is 1. The van der Waals surface area contributed by atoms with Crippen molar-refractivity contribution in [3.63, 3.8) is 0 Å². The highest BCUT2D eigenvalue weighted by Crippen LogP contribution is 2.12. The minimum Gasteiger partial charge on any atom is -0.351 e. The first-order valence-electron chi connectivity index (χ1n) is 6.34. The van der Waals surface area contributed by atoms with Crippen LogP contribution in [0.5, 0.6) is 0 Å². The zero-order valence-electron chi connectivity index (χ0n) is 10.9. The molecule has 0 saturated carbocycles. The summed E-state index contributed by atoms with van der Waals surface area (Å²) in [6, 6.07) is 6.20. The van der Waals surface area contributed by atoms with Gasteiger partial charge in [0.2, 0.25) is 11.8 Å². The van der Waals surface area contributed by atoms with Crippen molar-refractivity contribution in [2.45, 2.75) is 25.8 Å². The summed E-state index contributed by atoms with van der Waals surface area (Å²) in [6.07, 6.45) is 1.06. The number of carbonyl (C=O) groups is 2. The van der Waals surface area contributed by atoms with E-state index in [1.807, 2.05) is 0 Å². The summed E-state index contributed by atoms with van der Waals surface area (Å²) >= 11 is 0. The number of benzene rings is 1. The van der Waals surface area contributed by atoms with Gasteiger partial charge in [0.25, 0.3) is 0 Å². The van der Waals surface area contributed by atoms with Crippen LogP contribution in [0.3, 0.4) is 0 Å². The molecule has 0 unspecified atom stereocenters. The molecule has 1 aliphatic heterocycles. The van der Waals surface area contributed by atoms with E-state index in [2.05, 4.69) is 5.32 Å². The molecule has 2 rings (SSSR count). The molecule has 2 amide bonds. The third kappa shape index (κ3) is 3.77. The fraction of sp³-hybridized carbons (Fsp3) is 0.429. The normalized spacial score (nSPS) is 18.7. The number of nitrogens with one attached hydrogen (secondary N) is 1. The second-order valence-electron chi connectivity index (χ2n) is 4.82. The lowest BCUT2D eigenvalue weighted by atomic mass is 10.1. The van der Waals surface area contributed by atoms with Crippen molar-refractivity contribution in [2.75, 3.05) is 13.1 Å². The van der Waals surface area contributed by atoms with Crippen molar-refractivity contribution in [3.05, 3.63) is 35.6 Å². The molecule has 1 N–H and O–H groups in total. The number of rotatable bonds is 4. The first-order valence-corrected chi connectivity index (χ1v) is 6.34. The third-order valence-corrected chi connectivity index (χ3v) is 3.21. The standard InChI is InChI=1S/C14H17FN2O2/c1-10(18)16-13-8-14(19)17(9-13)7-6-11-2-4-12(15)5-3-11/h2-5,13H,6-9H2,1H3,(H,16,18)/t13-/m1/s1. The molecule has 1 saturated heterocycles. The van der Waals surface area contributed by atoms with Crippen molar-refractivity contribution in [3.8, 4) is 0 Å². The Bertz CT molecular complexity index is 473. The lowest BCUT2D eigenvalue weighted by Gasteiger charge is -2.16. The molecule has 1 aliphatic rings. The number of nitrogens with zero attached hydrogens (tertiary/aromatic N) is 1. The van der Waals surface area contributed by atoms with E-state index in [9.17, 15) is 14.0 Å². The summed E-state index contributed by atoms with van der Waals surface area (Å²) in [7, 11) is 0. The second-order valence-corrected chi connectivity index (χ2v) is 4.82. The minimum absolute atomic E-state index is 0.0564. The first-order chi connectivity index (χ1) is 9.04. The number of halogens is 1. The summed E-state index contributed by atoms with van der Waals surface area (Å²) < 4.78 is 12.8. The van der Waals surface area contributed by atoms with Crippen LogP contribution in [0.25, 0.3) is 0 Å². The second kappa shape index (κ2) is 5.82. The highest BCUT2D eigenvalue weighted by molar-refractivity contribution is 5.81. The molecule has 1 aromatic rings. The van der Waals surface area contributed by atoms with E-state index in [1.165, 1.54) is 19.1 Å². The van der Waals surface area contributed by atoms with Gasteiger partial charge in [-0.3, -0.25) is 9.59 Å². The summed E-state index contributed by atoms with van der Waals surface area (Å²) in [5.41, 5.74) is 0.997. The van der Waals surface area contributed by atoms with E-state index < -0.39 is 0 Å². The average molecular weight is 264 g/mol. The molecule has 0 radical (unpaired) electrons. The summed E-state index contributed by atoms with van der Waals surface area (Å²) in [6.45, 7) is 2.60. The van der Waals surface area contributed by atoms with E-state index >= 15 is 0 Å². The van der Waals surface area contributed by atoms with Crippen molar-refractivity contribution in [1.82, 2.24) is 10.2 Å². The van der Waals surface area contributed by atoms with Gasteiger partial charge in [0.15, 0.2) is 0 Å². The Morgan fingerprint density at radius 3 is 2.74 bits per heavy atom. The molecule has 1 atom stereocenters. The van der Waals surface area contributed by atoms with Crippen LogP contribution in [-0.4, -0.2) is 35.8 Å². The Morgan fingerprint density at radius 1 is 1.42 bits per heavy atom. The molecule has 19 heavy (non-hydrogen) atoms. The molecule has 1 heterocycles. The topological polar surface area (TPSA) is 49.4 Å². The summed E-state index contributed by atoms with van der Waals surface area (Å²) in [5, 5.41) is 2.76. The van der Waals surface area contributed by atoms with E-state index in [0.717, 1.165) is 5.56 Å². The molecule has 5 heteroatoms. The molecule has 0 aromatic heterocycles. The van der Waals surface area contributed by atoms with Gasteiger partial charge in [0, 0.05) is 26.4 Å². The molecule has 0 bridgehead atoms. The van der Waals surface area contributed by atoms with Crippen LogP contribution in [0.15, 0.2) is 24.3 Å². The fourth-order valence-corrected chi connectivity index (χ4v) is 2.29. The Morgan fingerprint density at radius 2 is 2.11 bits per heavy atom. The maximum absolute atomic E-state index is 12.8. The molecule has 0 aliphatic carbocycles. The van der Waals surface area contributed by atoms with Gasteiger partial charge in [0.05, 0.1) is 6.04 Å². The number of likely N-dealkylation sites (tertiary alicyclic amines) is 1. The van der Waals surface area contributed by atoms with E-state index in [-0.39, 0.29) is 23.7 Å². The van der Waals surface area contributed by atoms with E-state index in [4.69, 9.17) is 0 Å². The summed E-state index contributed by atoms with van der Waals surface area (Å²) in [4.78, 5) is 24.4. The Balaban J connectivity index is 1.84. The van der Waals surface area contributed by atoms with Crippen LogP contribution < -0.4 is 5.32 Å². The van der Waals surface area contributed by atoms with Gasteiger partial charge in [0.1, 0.15) is 5.82 Å². The average Bonchev–Trinajstić information content (AvgIpc) is 2.68. The van der Waals surface area contributed by atoms with Crippen molar-refractivity contribution >= 4 is 11.8 Å². The van der Waals surface area contributed by atoms with Crippen molar-refractivity contribution in [1.29, 1.82) is 0 Å². The predicted octanol–water partition coefficient (Wildman–Crippen LogP) is 1.11. The largest absolute Gasteiger partial charge is 0.351 e. The van der Waals surface area contributed by atoms with Crippen LogP contribution in [-0.2, 0) is 16.0 Å². The molecule has 4 nitrogen and oxygen atoms in total. The highest BCUT2D eigenvalue weighted by atomic mass is 19.1. The minimum atomic E-state index is -0.258. The zero-order valence-corrected chi connectivity index (χ0v) is 10.9. The van der Waals surface area contributed by atoms with Crippen LogP contribution in [0.2, 0.25) is 0 Å². The van der Waals surface area contributed by atoms with Gasteiger partial charge in [-0.15, -0.1) is 0 Å². The predicted molar refractivity (Wildman–Crippen MR) is 68.9 cm³/mol. The van der Waals surface area contributed by atoms with Crippen molar-refractivity contribution in [2.24, 2.45) is 0 Å². The maximum Gasteiger partial charge on any atom is 0.224 e. The van der Waals surface area contributed by atoms with Gasteiger partial charge in [-0.25, -0.2) is 4.39 Å². The van der Waals surface area contributed by atoms with Gasteiger partial charge in [-0.2, -0.15) is 0 Å². The lowest BCUT2D eigenvalue weighted by molar-refractivity contribution is -0.127. The zero-order chi connectivity index (χ0) is 13.8. The molecule has 1 aromatic carbocycles.